The number of unbranched alkanes of at least 4 members (excludes halogenated alkanes) is 1. The smallest absolute Gasteiger partial charge is 0.264 e. The topological polar surface area (TPSA) is 96.0 Å². The van der Waals surface area contributed by atoms with E-state index in [1.807, 2.05) is 62.4 Å². The zero-order valence-corrected chi connectivity index (χ0v) is 26.9. The van der Waals surface area contributed by atoms with E-state index in [0.29, 0.717) is 18.0 Å². The van der Waals surface area contributed by atoms with E-state index in [1.54, 1.807) is 55.6 Å². The molecule has 0 saturated carbocycles. The van der Waals surface area contributed by atoms with Crippen molar-refractivity contribution in [1.29, 1.82) is 0 Å². The molecule has 4 aromatic carbocycles. The minimum atomic E-state index is -4.14. The molecule has 1 N–H and O–H groups in total. The van der Waals surface area contributed by atoms with Gasteiger partial charge in [-0.2, -0.15) is 0 Å². The van der Waals surface area contributed by atoms with Crippen LogP contribution in [0.1, 0.15) is 36.5 Å². The maximum Gasteiger partial charge on any atom is 0.264 e. The van der Waals surface area contributed by atoms with Crippen LogP contribution in [0.5, 0.6) is 5.75 Å². The molecule has 236 valence electrons. The van der Waals surface area contributed by atoms with Crippen molar-refractivity contribution in [2.24, 2.45) is 0 Å². The highest BCUT2D eigenvalue weighted by Crippen LogP contribution is 2.26. The highest BCUT2D eigenvalue weighted by molar-refractivity contribution is 7.92. The summed E-state index contributed by atoms with van der Waals surface area (Å²) in [6.45, 7) is 3.99. The monoisotopic (exact) mass is 627 g/mol. The number of aryl methyl sites for hydroxylation is 1. The van der Waals surface area contributed by atoms with E-state index in [9.17, 15) is 18.0 Å². The second-order valence-electron chi connectivity index (χ2n) is 10.9. The van der Waals surface area contributed by atoms with Gasteiger partial charge in [0.25, 0.3) is 10.0 Å². The van der Waals surface area contributed by atoms with Crippen molar-refractivity contribution in [3.8, 4) is 5.75 Å². The van der Waals surface area contributed by atoms with E-state index >= 15 is 0 Å². The number of carbonyl (C=O) groups is 2. The van der Waals surface area contributed by atoms with Crippen molar-refractivity contribution in [2.45, 2.75) is 50.6 Å². The lowest BCUT2D eigenvalue weighted by Gasteiger charge is -2.34. The van der Waals surface area contributed by atoms with Gasteiger partial charge in [0.2, 0.25) is 11.8 Å². The molecule has 4 aromatic rings. The van der Waals surface area contributed by atoms with Crippen LogP contribution in [0.3, 0.4) is 0 Å². The summed E-state index contributed by atoms with van der Waals surface area (Å²) in [5, 5.41) is 3.01. The van der Waals surface area contributed by atoms with Crippen molar-refractivity contribution < 1.29 is 22.7 Å². The summed E-state index contributed by atoms with van der Waals surface area (Å²) < 4.78 is 34.6. The van der Waals surface area contributed by atoms with Crippen LogP contribution >= 0.6 is 0 Å². The first-order chi connectivity index (χ1) is 21.7. The molecule has 1 unspecified atom stereocenters. The Morgan fingerprint density at radius 3 is 2.13 bits per heavy atom. The number of benzene rings is 4. The summed E-state index contributed by atoms with van der Waals surface area (Å²) in [7, 11) is -2.57. The van der Waals surface area contributed by atoms with Crippen LogP contribution in [0.2, 0.25) is 0 Å². The van der Waals surface area contributed by atoms with Gasteiger partial charge in [0.15, 0.2) is 0 Å². The zero-order chi connectivity index (χ0) is 32.2. The van der Waals surface area contributed by atoms with Gasteiger partial charge in [-0.15, -0.1) is 0 Å². The molecule has 0 aliphatic rings. The average molecular weight is 628 g/mol. The van der Waals surface area contributed by atoms with Crippen molar-refractivity contribution in [1.82, 2.24) is 10.2 Å². The molecule has 45 heavy (non-hydrogen) atoms. The van der Waals surface area contributed by atoms with E-state index in [2.05, 4.69) is 5.32 Å². The third kappa shape index (κ3) is 8.95. The van der Waals surface area contributed by atoms with Gasteiger partial charge in [0, 0.05) is 19.5 Å². The average Bonchev–Trinajstić information content (AvgIpc) is 3.06. The maximum atomic E-state index is 14.5. The summed E-state index contributed by atoms with van der Waals surface area (Å²) in [5.74, 6) is -0.194. The molecule has 2 amide bonds. The van der Waals surface area contributed by atoms with Crippen molar-refractivity contribution >= 4 is 27.5 Å². The molecule has 4 rings (SSSR count). The predicted octanol–water partition coefficient (Wildman–Crippen LogP) is 5.76. The highest BCUT2D eigenvalue weighted by Gasteiger charge is 2.34. The van der Waals surface area contributed by atoms with E-state index in [4.69, 9.17) is 4.74 Å². The van der Waals surface area contributed by atoms with Gasteiger partial charge in [-0.1, -0.05) is 91.7 Å². The Morgan fingerprint density at radius 1 is 0.844 bits per heavy atom. The molecular weight excluding hydrogens is 586 g/mol. The number of rotatable bonds is 15. The molecule has 0 spiro atoms. The minimum absolute atomic E-state index is 0.0656. The minimum Gasteiger partial charge on any atom is -0.497 e. The fourth-order valence-corrected chi connectivity index (χ4v) is 6.42. The third-order valence-electron chi connectivity index (χ3n) is 7.52. The number of anilines is 1. The normalized spacial score (nSPS) is 11.8. The van der Waals surface area contributed by atoms with Crippen molar-refractivity contribution in [2.75, 3.05) is 24.5 Å². The number of methoxy groups -OCH3 is 1. The van der Waals surface area contributed by atoms with E-state index in [-0.39, 0.29) is 23.8 Å². The first kappa shape index (κ1) is 33.3. The number of ether oxygens (including phenoxy) is 1. The number of amides is 2. The lowest BCUT2D eigenvalue weighted by molar-refractivity contribution is -0.140. The molecule has 8 nitrogen and oxygen atoms in total. The molecule has 9 heteroatoms. The summed E-state index contributed by atoms with van der Waals surface area (Å²) in [4.78, 5) is 29.9. The Balaban J connectivity index is 1.79. The number of carbonyl (C=O) groups excluding carboxylic acids is 2. The Hall–Kier alpha value is -4.63. The second-order valence-corrected chi connectivity index (χ2v) is 12.7. The zero-order valence-electron chi connectivity index (χ0n) is 26.1. The van der Waals surface area contributed by atoms with Crippen LogP contribution in [0.25, 0.3) is 0 Å². The van der Waals surface area contributed by atoms with Crippen LogP contribution in [0.15, 0.2) is 114 Å². The van der Waals surface area contributed by atoms with Gasteiger partial charge in [0.1, 0.15) is 18.3 Å². The highest BCUT2D eigenvalue weighted by atomic mass is 32.2. The quantitative estimate of drug-likeness (QED) is 0.169. The number of sulfonamides is 1. The fraction of sp³-hybridized carbons (Fsp3) is 0.278. The summed E-state index contributed by atoms with van der Waals surface area (Å²) in [6, 6.07) is 30.9. The first-order valence-electron chi connectivity index (χ1n) is 15.1. The lowest BCUT2D eigenvalue weighted by atomic mass is 10.0. The second kappa shape index (κ2) is 15.9. The number of nitrogens with zero attached hydrogens (tertiary/aromatic N) is 2. The largest absolute Gasteiger partial charge is 0.497 e. The van der Waals surface area contributed by atoms with Crippen molar-refractivity contribution in [3.05, 3.63) is 126 Å². The molecule has 0 aromatic heterocycles. The van der Waals surface area contributed by atoms with Gasteiger partial charge in [-0.3, -0.25) is 13.9 Å². The number of nitrogens with one attached hydrogen (secondary N) is 1. The Labute approximate surface area is 266 Å². The molecule has 1 atom stereocenters. The van der Waals surface area contributed by atoms with Gasteiger partial charge < -0.3 is 15.0 Å². The Bertz CT molecular complexity index is 1650. The van der Waals surface area contributed by atoms with Gasteiger partial charge in [-0.25, -0.2) is 8.42 Å². The van der Waals surface area contributed by atoms with Crippen LogP contribution in [-0.4, -0.2) is 51.4 Å². The summed E-state index contributed by atoms with van der Waals surface area (Å²) in [6.07, 6.45) is 1.95. The lowest BCUT2D eigenvalue weighted by Crippen LogP contribution is -2.53. The molecule has 0 radical (unpaired) electrons. The molecule has 0 aliphatic heterocycles. The molecule has 0 heterocycles. The van der Waals surface area contributed by atoms with E-state index in [0.717, 1.165) is 33.8 Å². The van der Waals surface area contributed by atoms with Crippen LogP contribution < -0.4 is 14.4 Å². The van der Waals surface area contributed by atoms with Crippen LogP contribution in [0, 0.1) is 6.92 Å². The maximum absolute atomic E-state index is 14.5. The fourth-order valence-electron chi connectivity index (χ4n) is 4.99. The summed E-state index contributed by atoms with van der Waals surface area (Å²) >= 11 is 0. The third-order valence-corrected chi connectivity index (χ3v) is 9.31. The number of hydrogen-bond acceptors (Lipinski definition) is 5. The van der Waals surface area contributed by atoms with Crippen molar-refractivity contribution in [3.63, 3.8) is 0 Å². The molecule has 0 aliphatic carbocycles. The molecule has 0 bridgehead atoms. The molecular formula is C36H41N3O5S. The molecule has 0 fully saturated rings. The van der Waals surface area contributed by atoms with Crippen LogP contribution in [0.4, 0.5) is 5.69 Å². The van der Waals surface area contributed by atoms with Crippen LogP contribution in [-0.2, 0) is 32.6 Å². The number of hydrogen-bond donors (Lipinski definition) is 1. The van der Waals surface area contributed by atoms with E-state index < -0.39 is 28.5 Å². The van der Waals surface area contributed by atoms with Gasteiger partial charge in [-0.05, 0) is 60.9 Å². The van der Waals surface area contributed by atoms with Gasteiger partial charge in [0.05, 0.1) is 17.7 Å². The van der Waals surface area contributed by atoms with E-state index in [1.165, 1.54) is 17.0 Å². The predicted molar refractivity (Wildman–Crippen MR) is 178 cm³/mol. The first-order valence-corrected chi connectivity index (χ1v) is 16.6. The Morgan fingerprint density at radius 2 is 1.49 bits per heavy atom. The standard InChI is InChI=1S/C36H41N3O5S/c1-4-5-23-37-36(41)34(25-29-13-8-6-9-14-29)38(26-30-15-12-16-32(24-30)44-3)35(40)27-39(31-21-19-28(2)20-22-31)45(42,43)33-17-10-7-11-18-33/h6-22,24,34H,4-5,23,25-27H2,1-3H3,(H,37,41). The Kier molecular flexibility index (Phi) is 11.8. The summed E-state index contributed by atoms with van der Waals surface area (Å²) in [5.41, 5.74) is 2.93. The molecule has 0 saturated heterocycles. The van der Waals surface area contributed by atoms with Gasteiger partial charge >= 0.3 is 0 Å². The SMILES string of the molecule is CCCCNC(=O)C(Cc1ccccc1)N(Cc1cccc(OC)c1)C(=O)CN(c1ccc(C)cc1)S(=O)(=O)c1ccccc1.